The fourth-order valence-electron chi connectivity index (χ4n) is 2.07. The Morgan fingerprint density at radius 1 is 0.950 bits per heavy atom. The Kier molecular flexibility index (Phi) is 6.26. The first kappa shape index (κ1) is 14.7. The zero-order chi connectivity index (χ0) is 14.0. The second kappa shape index (κ2) is 8.50. The summed E-state index contributed by atoms with van der Waals surface area (Å²) < 4.78 is 4.76. The van der Waals surface area contributed by atoms with Crippen molar-refractivity contribution in [2.24, 2.45) is 0 Å². The van der Waals surface area contributed by atoms with E-state index in [9.17, 15) is 0 Å². The van der Waals surface area contributed by atoms with Crippen molar-refractivity contribution in [2.75, 3.05) is 19.8 Å². The molecule has 0 aliphatic rings. The number of amides is 1. The van der Waals surface area contributed by atoms with E-state index in [0.29, 0.717) is 0 Å². The molecule has 0 aliphatic carbocycles. The highest BCUT2D eigenvalue weighted by Crippen LogP contribution is 2.33. The SMILES string of the molecule is C[O+]=[C-]NCCCP(c1ccccc1)c1ccccc1. The van der Waals surface area contributed by atoms with E-state index in [1.807, 2.05) is 0 Å². The van der Waals surface area contributed by atoms with Crippen LogP contribution in [0, 0.1) is 0 Å². The Morgan fingerprint density at radius 3 is 2.00 bits per heavy atom. The highest BCUT2D eigenvalue weighted by molar-refractivity contribution is 7.73. The number of carbonyl (C=O) groups excluding carboxylic acids is 1. The van der Waals surface area contributed by atoms with E-state index >= 15 is 0 Å². The second-order valence-electron chi connectivity index (χ2n) is 4.41. The van der Waals surface area contributed by atoms with Gasteiger partial charge in [0.2, 0.25) is 7.11 Å². The summed E-state index contributed by atoms with van der Waals surface area (Å²) in [5, 5.41) is 5.91. The molecule has 1 N–H and O–H groups in total. The third kappa shape index (κ3) is 4.47. The smallest absolute Gasteiger partial charge is 0.211 e. The van der Waals surface area contributed by atoms with Crippen molar-refractivity contribution in [3.05, 3.63) is 60.7 Å². The van der Waals surface area contributed by atoms with Gasteiger partial charge in [-0.25, -0.2) is 0 Å². The van der Waals surface area contributed by atoms with Gasteiger partial charge < -0.3 is 9.74 Å². The maximum Gasteiger partial charge on any atom is 0.211 e. The highest BCUT2D eigenvalue weighted by Gasteiger charge is 2.12. The average molecular weight is 285 g/mol. The summed E-state index contributed by atoms with van der Waals surface area (Å²) in [6.07, 6.45) is 4.93. The molecule has 3 heteroatoms. The lowest BCUT2D eigenvalue weighted by atomic mass is 10.4. The number of benzene rings is 2. The topological polar surface area (TPSA) is 23.3 Å². The largest absolute Gasteiger partial charge is 0.482 e. The van der Waals surface area contributed by atoms with E-state index in [0.717, 1.165) is 13.0 Å². The van der Waals surface area contributed by atoms with Crippen LogP contribution < -0.4 is 15.9 Å². The van der Waals surface area contributed by atoms with Crippen molar-refractivity contribution in [1.29, 1.82) is 0 Å². The van der Waals surface area contributed by atoms with Crippen LogP contribution in [0.3, 0.4) is 0 Å². The minimum Gasteiger partial charge on any atom is -0.482 e. The van der Waals surface area contributed by atoms with Crippen LogP contribution in [0.15, 0.2) is 60.7 Å². The fraction of sp³-hybridized carbons (Fsp3) is 0.235. The molecule has 104 valence electrons. The molecule has 0 spiro atoms. The van der Waals surface area contributed by atoms with E-state index in [-0.39, 0.29) is 7.92 Å². The summed E-state index contributed by atoms with van der Waals surface area (Å²) in [6.45, 7) is 0.895. The van der Waals surface area contributed by atoms with Crippen molar-refractivity contribution in [3.8, 4) is 0 Å². The summed E-state index contributed by atoms with van der Waals surface area (Å²) in [5.74, 6) is 0. The number of hydrogen-bond acceptors (Lipinski definition) is 0. The molecule has 0 fully saturated rings. The van der Waals surface area contributed by atoms with E-state index < -0.39 is 0 Å². The van der Waals surface area contributed by atoms with Gasteiger partial charge in [-0.15, -0.1) is 0 Å². The zero-order valence-corrected chi connectivity index (χ0v) is 12.6. The van der Waals surface area contributed by atoms with E-state index in [2.05, 4.69) is 72.4 Å². The Labute approximate surface area is 122 Å². The number of hydrogen-bond donors (Lipinski definition) is 1. The molecule has 2 aromatic carbocycles. The van der Waals surface area contributed by atoms with Crippen LogP contribution in [0.5, 0.6) is 0 Å². The summed E-state index contributed by atoms with van der Waals surface area (Å²) >= 11 is 0. The van der Waals surface area contributed by atoms with Crippen molar-refractivity contribution in [3.63, 3.8) is 0 Å². The molecule has 0 unspecified atom stereocenters. The van der Waals surface area contributed by atoms with Gasteiger partial charge in [0.25, 0.3) is 0 Å². The number of rotatable bonds is 7. The molecule has 0 saturated carbocycles. The fourth-order valence-corrected chi connectivity index (χ4v) is 4.42. The van der Waals surface area contributed by atoms with Crippen molar-refractivity contribution in [2.45, 2.75) is 6.42 Å². The Morgan fingerprint density at radius 2 is 1.50 bits per heavy atom. The highest BCUT2D eigenvalue weighted by atomic mass is 31.1. The predicted octanol–water partition coefficient (Wildman–Crippen LogP) is 2.33. The first-order valence-corrected chi connectivity index (χ1v) is 8.33. The van der Waals surface area contributed by atoms with Crippen molar-refractivity contribution in [1.82, 2.24) is 5.32 Å². The molecule has 0 aromatic heterocycles. The van der Waals surface area contributed by atoms with Crippen LogP contribution in [0.25, 0.3) is 0 Å². The van der Waals surface area contributed by atoms with Gasteiger partial charge in [-0.05, 0) is 37.7 Å². The molecule has 2 rings (SSSR count). The molecule has 0 atom stereocenters. The molecule has 2 aromatic rings. The predicted molar refractivity (Wildman–Crippen MR) is 88.2 cm³/mol. The third-order valence-corrected chi connectivity index (χ3v) is 5.60. The van der Waals surface area contributed by atoms with Crippen molar-refractivity contribution < 1.29 is 4.42 Å². The van der Waals surface area contributed by atoms with E-state index in [1.165, 1.54) is 16.8 Å². The molecular weight excluding hydrogens is 265 g/mol. The first-order chi connectivity index (χ1) is 9.92. The van der Waals surface area contributed by atoms with Gasteiger partial charge in [0.05, 0.1) is 6.41 Å². The molecule has 2 nitrogen and oxygen atoms in total. The van der Waals surface area contributed by atoms with Crippen LogP contribution in [0.1, 0.15) is 6.42 Å². The second-order valence-corrected chi connectivity index (χ2v) is 6.75. The Hall–Kier alpha value is -1.66. The molecule has 20 heavy (non-hydrogen) atoms. The standard InChI is InChI=1S/C17H20NOP/c1-19-15-18-13-8-14-20(16-9-4-2-5-10-16)17-11-6-3-7-12-17/h2-7,9-12,18H,8,13-14H2,1H3. The van der Waals surface area contributed by atoms with Gasteiger partial charge in [-0.3, -0.25) is 0 Å². The van der Waals surface area contributed by atoms with Crippen LogP contribution >= 0.6 is 7.92 Å². The summed E-state index contributed by atoms with van der Waals surface area (Å²) in [4.78, 5) is 0. The zero-order valence-electron chi connectivity index (χ0n) is 11.8. The first-order valence-electron chi connectivity index (χ1n) is 6.80. The summed E-state index contributed by atoms with van der Waals surface area (Å²) in [6, 6.07) is 21.6. The lowest BCUT2D eigenvalue weighted by Gasteiger charge is -2.19. The van der Waals surface area contributed by atoms with Gasteiger partial charge in [0.15, 0.2) is 0 Å². The maximum atomic E-state index is 4.76. The van der Waals surface area contributed by atoms with E-state index in [4.69, 9.17) is 4.42 Å². The lowest BCUT2D eigenvalue weighted by Crippen LogP contribution is -2.18. The molecular formula is C17H20NOP. The lowest BCUT2D eigenvalue weighted by molar-refractivity contribution is 0.178. The van der Waals surface area contributed by atoms with Crippen LogP contribution in [0.4, 0.5) is 0 Å². The van der Waals surface area contributed by atoms with Gasteiger partial charge in [0.1, 0.15) is 0 Å². The average Bonchev–Trinajstić information content (AvgIpc) is 2.53. The summed E-state index contributed by atoms with van der Waals surface area (Å²) in [5.41, 5.74) is 0. The monoisotopic (exact) mass is 285 g/mol. The minimum atomic E-state index is -0.280. The Balaban J connectivity index is 2.05. The molecule has 0 heterocycles. The molecule has 0 aliphatic heterocycles. The van der Waals surface area contributed by atoms with E-state index in [1.54, 1.807) is 7.11 Å². The quantitative estimate of drug-likeness (QED) is 0.265. The molecule has 0 radical (unpaired) electrons. The van der Waals surface area contributed by atoms with Crippen LogP contribution in [0.2, 0.25) is 0 Å². The minimum absolute atomic E-state index is 0.280. The van der Waals surface area contributed by atoms with Crippen molar-refractivity contribution >= 4 is 24.9 Å². The summed E-state index contributed by atoms with van der Waals surface area (Å²) in [7, 11) is 1.32. The third-order valence-electron chi connectivity index (χ3n) is 2.99. The maximum absolute atomic E-state index is 4.76. The van der Waals surface area contributed by atoms with Gasteiger partial charge in [0, 0.05) is 0 Å². The Bertz CT molecular complexity index is 474. The van der Waals surface area contributed by atoms with Gasteiger partial charge >= 0.3 is 0 Å². The molecule has 0 saturated heterocycles. The number of nitrogens with one attached hydrogen (secondary N) is 1. The normalized spacial score (nSPS) is 11.1. The molecule has 0 bridgehead atoms. The van der Waals surface area contributed by atoms with Crippen LogP contribution in [-0.2, 0) is 4.42 Å². The molecule has 1 amide bonds. The van der Waals surface area contributed by atoms with Gasteiger partial charge in [-0.2, -0.15) is 0 Å². The van der Waals surface area contributed by atoms with Crippen LogP contribution in [-0.4, -0.2) is 26.2 Å². The van der Waals surface area contributed by atoms with Gasteiger partial charge in [-0.1, -0.05) is 60.7 Å².